The summed E-state index contributed by atoms with van der Waals surface area (Å²) in [4.78, 5) is 0. The summed E-state index contributed by atoms with van der Waals surface area (Å²) in [6.07, 6.45) is 0. The van der Waals surface area contributed by atoms with Crippen LogP contribution in [0.3, 0.4) is 0 Å². The normalized spacial score (nSPS) is 14.2. The molecular formula is C11H17FSi. The molecule has 1 rings (SSSR count). The third kappa shape index (κ3) is 2.40. The molecule has 0 aliphatic heterocycles. The molecule has 0 aliphatic rings. The van der Waals surface area contributed by atoms with E-state index in [0.29, 0.717) is 5.54 Å². The van der Waals surface area contributed by atoms with E-state index in [1.807, 2.05) is 12.1 Å². The van der Waals surface area contributed by atoms with Crippen LogP contribution in [0, 0.1) is 5.82 Å². The minimum absolute atomic E-state index is 0.0579. The second-order valence-electron chi connectivity index (χ2n) is 4.61. The van der Waals surface area contributed by atoms with Crippen LogP contribution in [0.5, 0.6) is 0 Å². The smallest absolute Gasteiger partial charge is 0.126 e. The summed E-state index contributed by atoms with van der Waals surface area (Å²) in [6, 6.07) is 7.11. The molecule has 0 radical (unpaired) electrons. The number of halogens is 1. The Morgan fingerprint density at radius 2 is 1.69 bits per heavy atom. The molecule has 0 fully saturated rings. The number of hydrogen-bond acceptors (Lipinski definition) is 0. The average Bonchev–Trinajstić information content (AvgIpc) is 2.02. The van der Waals surface area contributed by atoms with Crippen molar-refractivity contribution in [1.29, 1.82) is 0 Å². The zero-order chi connectivity index (χ0) is 10.1. The summed E-state index contributed by atoms with van der Waals surface area (Å²) in [7, 11) is -1.27. The predicted molar refractivity (Wildman–Crippen MR) is 58.2 cm³/mol. The van der Waals surface area contributed by atoms with E-state index in [1.165, 1.54) is 0 Å². The first-order valence-corrected chi connectivity index (χ1v) is 8.25. The van der Waals surface area contributed by atoms with Gasteiger partial charge >= 0.3 is 0 Å². The maximum atomic E-state index is 13.4. The van der Waals surface area contributed by atoms with Crippen molar-refractivity contribution in [2.24, 2.45) is 0 Å². The first kappa shape index (κ1) is 10.4. The Morgan fingerprint density at radius 1 is 1.15 bits per heavy atom. The topological polar surface area (TPSA) is 0 Å². The maximum absolute atomic E-state index is 13.4. The van der Waals surface area contributed by atoms with E-state index in [1.54, 1.807) is 12.1 Å². The molecule has 0 amide bonds. The summed E-state index contributed by atoms with van der Waals surface area (Å²) in [6.45, 7) is 8.93. The zero-order valence-corrected chi connectivity index (χ0v) is 9.76. The van der Waals surface area contributed by atoms with Crippen LogP contribution in [0.2, 0.25) is 19.6 Å². The van der Waals surface area contributed by atoms with Gasteiger partial charge in [0.05, 0.1) is 8.07 Å². The molecule has 0 aromatic heterocycles. The Morgan fingerprint density at radius 3 is 2.15 bits per heavy atom. The molecule has 0 heterocycles. The van der Waals surface area contributed by atoms with Crippen molar-refractivity contribution in [2.75, 3.05) is 0 Å². The molecule has 2 heteroatoms. The van der Waals surface area contributed by atoms with E-state index in [4.69, 9.17) is 0 Å². The van der Waals surface area contributed by atoms with Gasteiger partial charge in [0.2, 0.25) is 0 Å². The molecule has 1 atom stereocenters. The van der Waals surface area contributed by atoms with Crippen LogP contribution < -0.4 is 0 Å². The summed E-state index contributed by atoms with van der Waals surface area (Å²) in [5, 5.41) is 0. The second-order valence-corrected chi connectivity index (χ2v) is 10.2. The van der Waals surface area contributed by atoms with Gasteiger partial charge in [-0.25, -0.2) is 4.39 Å². The second kappa shape index (κ2) is 3.62. The molecule has 0 saturated carbocycles. The van der Waals surface area contributed by atoms with E-state index in [-0.39, 0.29) is 5.82 Å². The summed E-state index contributed by atoms with van der Waals surface area (Å²) in [5.74, 6) is -0.0579. The lowest BCUT2D eigenvalue weighted by Crippen LogP contribution is -2.29. The van der Waals surface area contributed by atoms with Crippen molar-refractivity contribution >= 4 is 8.07 Å². The van der Waals surface area contributed by atoms with Crippen LogP contribution in [0.15, 0.2) is 24.3 Å². The third-order valence-electron chi connectivity index (χ3n) is 2.67. The lowest BCUT2D eigenvalue weighted by Gasteiger charge is -2.25. The fourth-order valence-corrected chi connectivity index (χ4v) is 2.46. The molecule has 0 bridgehead atoms. The molecule has 0 spiro atoms. The zero-order valence-electron chi connectivity index (χ0n) is 8.76. The summed E-state index contributed by atoms with van der Waals surface area (Å²) < 4.78 is 13.4. The first-order valence-electron chi connectivity index (χ1n) is 4.67. The van der Waals surface area contributed by atoms with Gasteiger partial charge in [-0.3, -0.25) is 0 Å². The molecule has 72 valence electrons. The van der Waals surface area contributed by atoms with Crippen LogP contribution in [-0.2, 0) is 0 Å². The van der Waals surface area contributed by atoms with Gasteiger partial charge in [-0.05, 0) is 17.2 Å². The van der Waals surface area contributed by atoms with E-state index in [9.17, 15) is 4.39 Å². The minimum atomic E-state index is -1.27. The maximum Gasteiger partial charge on any atom is 0.126 e. The van der Waals surface area contributed by atoms with Crippen LogP contribution >= 0.6 is 0 Å². The van der Waals surface area contributed by atoms with Gasteiger partial charge in [-0.15, -0.1) is 0 Å². The molecular weight excluding hydrogens is 179 g/mol. The first-order chi connectivity index (χ1) is 5.93. The van der Waals surface area contributed by atoms with Gasteiger partial charge in [0.25, 0.3) is 0 Å². The lowest BCUT2D eigenvalue weighted by atomic mass is 10.1. The molecule has 13 heavy (non-hydrogen) atoms. The highest BCUT2D eigenvalue weighted by Crippen LogP contribution is 2.27. The Labute approximate surface area is 80.8 Å². The number of rotatable bonds is 2. The van der Waals surface area contributed by atoms with Crippen molar-refractivity contribution in [2.45, 2.75) is 32.1 Å². The number of hydrogen-bond donors (Lipinski definition) is 0. The minimum Gasteiger partial charge on any atom is -0.207 e. The van der Waals surface area contributed by atoms with Crippen molar-refractivity contribution in [3.63, 3.8) is 0 Å². The fraction of sp³-hybridized carbons (Fsp3) is 0.455. The van der Waals surface area contributed by atoms with Crippen molar-refractivity contribution in [1.82, 2.24) is 0 Å². The molecule has 0 saturated heterocycles. The van der Waals surface area contributed by atoms with Gasteiger partial charge in [0.15, 0.2) is 0 Å². The molecule has 0 N–H and O–H groups in total. The standard InChI is InChI=1S/C11H17FSi/c1-9(13(2,3)4)10-7-5-6-8-11(10)12/h5-9H,1-4H3. The molecule has 1 aromatic carbocycles. The monoisotopic (exact) mass is 196 g/mol. The third-order valence-corrected chi connectivity index (χ3v) is 5.58. The Hall–Kier alpha value is -0.633. The van der Waals surface area contributed by atoms with E-state index in [2.05, 4.69) is 26.6 Å². The fourth-order valence-electron chi connectivity index (χ4n) is 1.29. The summed E-state index contributed by atoms with van der Waals surface area (Å²) >= 11 is 0. The molecule has 1 aromatic rings. The molecule has 1 unspecified atom stereocenters. The highest BCUT2D eigenvalue weighted by Gasteiger charge is 2.25. The highest BCUT2D eigenvalue weighted by molar-refractivity contribution is 6.77. The van der Waals surface area contributed by atoms with Crippen LogP contribution in [0.25, 0.3) is 0 Å². The van der Waals surface area contributed by atoms with Gasteiger partial charge < -0.3 is 0 Å². The SMILES string of the molecule is CC(c1ccccc1F)[Si](C)(C)C. The van der Waals surface area contributed by atoms with Gasteiger partial charge in [0.1, 0.15) is 5.82 Å². The van der Waals surface area contributed by atoms with Crippen LogP contribution in [0.1, 0.15) is 18.0 Å². The van der Waals surface area contributed by atoms with Crippen molar-refractivity contribution in [3.8, 4) is 0 Å². The van der Waals surface area contributed by atoms with Gasteiger partial charge in [-0.1, -0.05) is 44.8 Å². The molecule has 0 aliphatic carbocycles. The van der Waals surface area contributed by atoms with Crippen molar-refractivity contribution in [3.05, 3.63) is 35.6 Å². The summed E-state index contributed by atoms with van der Waals surface area (Å²) in [5.41, 5.74) is 1.26. The van der Waals surface area contributed by atoms with Crippen molar-refractivity contribution < 1.29 is 4.39 Å². The van der Waals surface area contributed by atoms with Gasteiger partial charge in [-0.2, -0.15) is 0 Å². The largest absolute Gasteiger partial charge is 0.207 e. The van der Waals surface area contributed by atoms with E-state index >= 15 is 0 Å². The Bertz CT molecular complexity index is 288. The Balaban J connectivity index is 3.02. The van der Waals surface area contributed by atoms with Crippen LogP contribution in [-0.4, -0.2) is 8.07 Å². The molecule has 0 nitrogen and oxygen atoms in total. The van der Waals surface area contributed by atoms with E-state index < -0.39 is 8.07 Å². The van der Waals surface area contributed by atoms with Crippen LogP contribution in [0.4, 0.5) is 4.39 Å². The average molecular weight is 196 g/mol. The lowest BCUT2D eigenvalue weighted by molar-refractivity contribution is 0.608. The highest BCUT2D eigenvalue weighted by atomic mass is 28.3. The predicted octanol–water partition coefficient (Wildman–Crippen LogP) is 3.81. The number of benzene rings is 1. The Kier molecular flexibility index (Phi) is 2.91. The van der Waals surface area contributed by atoms with Gasteiger partial charge in [0, 0.05) is 0 Å². The van der Waals surface area contributed by atoms with E-state index in [0.717, 1.165) is 5.56 Å². The quantitative estimate of drug-likeness (QED) is 0.631.